The van der Waals surface area contributed by atoms with Gasteiger partial charge in [-0.15, -0.1) is 0 Å². The second kappa shape index (κ2) is 7.49. The molecule has 0 radical (unpaired) electrons. The van der Waals surface area contributed by atoms with Crippen LogP contribution in [0.15, 0.2) is 4.99 Å². The first-order valence-corrected chi connectivity index (χ1v) is 6.28. The predicted molar refractivity (Wildman–Crippen MR) is 67.8 cm³/mol. The number of guanidine groups is 1. The van der Waals surface area contributed by atoms with E-state index >= 15 is 0 Å². The lowest BCUT2D eigenvalue weighted by Gasteiger charge is -2.28. The molecule has 1 aliphatic rings. The van der Waals surface area contributed by atoms with Gasteiger partial charge in [0.2, 0.25) is 0 Å². The van der Waals surface area contributed by atoms with Gasteiger partial charge in [0, 0.05) is 20.6 Å². The molecule has 0 aromatic rings. The molecule has 0 saturated heterocycles. The fourth-order valence-electron chi connectivity index (χ4n) is 2.19. The first-order chi connectivity index (χ1) is 7.77. The molecular formula is C12H25N3O. The number of nitrogens with one attached hydrogen (secondary N) is 2. The number of nitrogens with zero attached hydrogens (tertiary/aromatic N) is 1. The van der Waals surface area contributed by atoms with Crippen LogP contribution in [0.2, 0.25) is 0 Å². The molecule has 2 N–H and O–H groups in total. The standard InChI is InChI=1S/C12H25N3O/c1-10-6-4-5-7-11(10)16-9-8-15-12(13-2)14-3/h10-11H,4-9H2,1-3H3,(H2,13,14,15). The van der Waals surface area contributed by atoms with Crippen LogP contribution < -0.4 is 10.6 Å². The molecule has 16 heavy (non-hydrogen) atoms. The zero-order valence-corrected chi connectivity index (χ0v) is 10.8. The molecule has 0 aromatic heterocycles. The highest BCUT2D eigenvalue weighted by molar-refractivity contribution is 5.79. The summed E-state index contributed by atoms with van der Waals surface area (Å²) in [5.74, 6) is 1.54. The summed E-state index contributed by atoms with van der Waals surface area (Å²) in [5, 5.41) is 6.17. The van der Waals surface area contributed by atoms with Crippen LogP contribution in [-0.2, 0) is 4.74 Å². The lowest BCUT2D eigenvalue weighted by molar-refractivity contribution is -0.00202. The van der Waals surface area contributed by atoms with Gasteiger partial charge < -0.3 is 15.4 Å². The fourth-order valence-corrected chi connectivity index (χ4v) is 2.19. The van der Waals surface area contributed by atoms with Crippen LogP contribution in [0.3, 0.4) is 0 Å². The Balaban J connectivity index is 2.10. The summed E-state index contributed by atoms with van der Waals surface area (Å²) in [6.07, 6.45) is 5.69. The van der Waals surface area contributed by atoms with Gasteiger partial charge in [-0.3, -0.25) is 4.99 Å². The van der Waals surface area contributed by atoms with Crippen molar-refractivity contribution in [2.24, 2.45) is 10.9 Å². The summed E-state index contributed by atoms with van der Waals surface area (Å²) >= 11 is 0. The molecule has 4 nitrogen and oxygen atoms in total. The van der Waals surface area contributed by atoms with Gasteiger partial charge in [-0.25, -0.2) is 0 Å². The Morgan fingerprint density at radius 1 is 1.38 bits per heavy atom. The van der Waals surface area contributed by atoms with Gasteiger partial charge in [-0.1, -0.05) is 19.8 Å². The summed E-state index contributed by atoms with van der Waals surface area (Å²) in [6, 6.07) is 0. The van der Waals surface area contributed by atoms with Crippen LogP contribution in [-0.4, -0.2) is 39.3 Å². The summed E-state index contributed by atoms with van der Waals surface area (Å²) in [6.45, 7) is 3.87. The largest absolute Gasteiger partial charge is 0.376 e. The van der Waals surface area contributed by atoms with Gasteiger partial charge in [-0.05, 0) is 18.8 Å². The molecule has 2 atom stereocenters. The van der Waals surface area contributed by atoms with Crippen molar-refractivity contribution in [2.45, 2.75) is 38.7 Å². The maximum Gasteiger partial charge on any atom is 0.190 e. The highest BCUT2D eigenvalue weighted by Gasteiger charge is 2.21. The van der Waals surface area contributed by atoms with E-state index in [2.05, 4.69) is 22.5 Å². The highest BCUT2D eigenvalue weighted by Crippen LogP contribution is 2.25. The molecule has 2 unspecified atom stereocenters. The SMILES string of the molecule is CN=C(NC)NCCOC1CCCCC1C. The van der Waals surface area contributed by atoms with Crippen molar-refractivity contribution in [3.8, 4) is 0 Å². The van der Waals surface area contributed by atoms with Gasteiger partial charge in [0.25, 0.3) is 0 Å². The number of aliphatic imine (C=N–C) groups is 1. The molecule has 1 rings (SSSR count). The monoisotopic (exact) mass is 227 g/mol. The molecule has 1 aliphatic carbocycles. The van der Waals surface area contributed by atoms with Crippen LogP contribution in [0.4, 0.5) is 0 Å². The summed E-state index contributed by atoms with van der Waals surface area (Å²) in [5.41, 5.74) is 0. The number of ether oxygens (including phenoxy) is 1. The second-order valence-electron chi connectivity index (χ2n) is 4.42. The number of hydrogen-bond acceptors (Lipinski definition) is 2. The quantitative estimate of drug-likeness (QED) is 0.433. The zero-order valence-electron chi connectivity index (χ0n) is 10.8. The van der Waals surface area contributed by atoms with Crippen LogP contribution >= 0.6 is 0 Å². The molecule has 0 amide bonds. The Hall–Kier alpha value is -0.770. The smallest absolute Gasteiger partial charge is 0.190 e. The Kier molecular flexibility index (Phi) is 6.23. The van der Waals surface area contributed by atoms with Crippen molar-refractivity contribution < 1.29 is 4.74 Å². The third kappa shape index (κ3) is 4.39. The maximum absolute atomic E-state index is 5.89. The van der Waals surface area contributed by atoms with E-state index in [0.29, 0.717) is 6.10 Å². The Labute approximate surface area is 98.9 Å². The maximum atomic E-state index is 5.89. The van der Waals surface area contributed by atoms with Gasteiger partial charge in [0.15, 0.2) is 5.96 Å². The van der Waals surface area contributed by atoms with E-state index in [9.17, 15) is 0 Å². The van der Waals surface area contributed by atoms with E-state index in [-0.39, 0.29) is 0 Å². The molecular weight excluding hydrogens is 202 g/mol. The zero-order chi connectivity index (χ0) is 11.8. The molecule has 4 heteroatoms. The topological polar surface area (TPSA) is 45.7 Å². The highest BCUT2D eigenvalue weighted by atomic mass is 16.5. The Morgan fingerprint density at radius 3 is 2.75 bits per heavy atom. The summed E-state index contributed by atoms with van der Waals surface area (Å²) in [4.78, 5) is 4.04. The normalized spacial score (nSPS) is 26.6. The van der Waals surface area contributed by atoms with E-state index in [0.717, 1.165) is 25.0 Å². The molecule has 0 bridgehead atoms. The fraction of sp³-hybridized carbons (Fsp3) is 0.917. The van der Waals surface area contributed by atoms with Crippen LogP contribution in [0, 0.1) is 5.92 Å². The second-order valence-corrected chi connectivity index (χ2v) is 4.42. The van der Waals surface area contributed by atoms with E-state index in [1.807, 2.05) is 7.05 Å². The lowest BCUT2D eigenvalue weighted by Crippen LogP contribution is -2.37. The van der Waals surface area contributed by atoms with Gasteiger partial charge in [-0.2, -0.15) is 0 Å². The van der Waals surface area contributed by atoms with Crippen molar-refractivity contribution in [3.05, 3.63) is 0 Å². The van der Waals surface area contributed by atoms with Crippen molar-refractivity contribution in [2.75, 3.05) is 27.2 Å². The first kappa shape index (κ1) is 13.3. The van der Waals surface area contributed by atoms with E-state index in [1.165, 1.54) is 25.7 Å². The van der Waals surface area contributed by atoms with Crippen molar-refractivity contribution in [1.82, 2.24) is 10.6 Å². The van der Waals surface area contributed by atoms with Crippen LogP contribution in [0.1, 0.15) is 32.6 Å². The van der Waals surface area contributed by atoms with Gasteiger partial charge in [0.05, 0.1) is 12.7 Å². The third-order valence-corrected chi connectivity index (χ3v) is 3.22. The number of rotatable bonds is 4. The van der Waals surface area contributed by atoms with Crippen molar-refractivity contribution in [3.63, 3.8) is 0 Å². The molecule has 1 fully saturated rings. The Bertz CT molecular complexity index is 218. The minimum Gasteiger partial charge on any atom is -0.376 e. The number of hydrogen-bond donors (Lipinski definition) is 2. The molecule has 94 valence electrons. The van der Waals surface area contributed by atoms with Gasteiger partial charge >= 0.3 is 0 Å². The predicted octanol–water partition coefficient (Wildman–Crippen LogP) is 1.38. The summed E-state index contributed by atoms with van der Waals surface area (Å²) in [7, 11) is 3.63. The third-order valence-electron chi connectivity index (χ3n) is 3.22. The van der Waals surface area contributed by atoms with E-state index in [4.69, 9.17) is 4.74 Å². The molecule has 0 heterocycles. The Morgan fingerprint density at radius 2 is 2.12 bits per heavy atom. The molecule has 1 saturated carbocycles. The average Bonchev–Trinajstić information content (AvgIpc) is 2.31. The molecule has 0 aliphatic heterocycles. The summed E-state index contributed by atoms with van der Waals surface area (Å²) < 4.78 is 5.89. The average molecular weight is 227 g/mol. The van der Waals surface area contributed by atoms with Gasteiger partial charge in [0.1, 0.15) is 0 Å². The minimum absolute atomic E-state index is 0.465. The minimum atomic E-state index is 0.465. The van der Waals surface area contributed by atoms with Crippen LogP contribution in [0.5, 0.6) is 0 Å². The van der Waals surface area contributed by atoms with Crippen LogP contribution in [0.25, 0.3) is 0 Å². The first-order valence-electron chi connectivity index (χ1n) is 6.28. The van der Waals surface area contributed by atoms with E-state index < -0.39 is 0 Å². The molecule has 0 spiro atoms. The molecule has 0 aromatic carbocycles. The van der Waals surface area contributed by atoms with Crippen molar-refractivity contribution in [1.29, 1.82) is 0 Å². The van der Waals surface area contributed by atoms with Crippen molar-refractivity contribution >= 4 is 5.96 Å². The van der Waals surface area contributed by atoms with E-state index in [1.54, 1.807) is 7.05 Å². The lowest BCUT2D eigenvalue weighted by atomic mass is 9.88.